The fourth-order valence-corrected chi connectivity index (χ4v) is 5.55. The normalized spacial score (nSPS) is 19.2. The molecule has 1 amide bonds. The smallest absolute Gasteiger partial charge is 0.253 e. The van der Waals surface area contributed by atoms with Crippen LogP contribution in [0.1, 0.15) is 59.6 Å². The summed E-state index contributed by atoms with van der Waals surface area (Å²) in [6.07, 6.45) is 6.28. The number of benzene rings is 2. The zero-order valence-corrected chi connectivity index (χ0v) is 19.1. The summed E-state index contributed by atoms with van der Waals surface area (Å²) >= 11 is 0. The van der Waals surface area contributed by atoms with Crippen molar-refractivity contribution in [1.82, 2.24) is 9.62 Å². The molecule has 1 aliphatic heterocycles. The lowest BCUT2D eigenvalue weighted by atomic mass is 9.87. The van der Waals surface area contributed by atoms with E-state index in [1.807, 2.05) is 12.1 Å². The maximum atomic E-state index is 13.5. The molecular formula is C24H31N3O3S. The first-order valence-corrected chi connectivity index (χ1v) is 12.5. The molecule has 2 aromatic carbocycles. The third kappa shape index (κ3) is 4.48. The van der Waals surface area contributed by atoms with Crippen LogP contribution >= 0.6 is 0 Å². The number of aryl methyl sites for hydroxylation is 1. The van der Waals surface area contributed by atoms with Gasteiger partial charge in [0.25, 0.3) is 5.91 Å². The molecule has 0 radical (unpaired) electrons. The SMILES string of the molecule is CN(C)S(=O)(=O)c1ccc(N2CCCCC2)c(C(=O)N[C@H]2CCCc3ccccc32)c1. The Balaban J connectivity index is 1.70. The van der Waals surface area contributed by atoms with Crippen molar-refractivity contribution in [3.05, 3.63) is 59.2 Å². The van der Waals surface area contributed by atoms with Crippen molar-refractivity contribution in [2.24, 2.45) is 0 Å². The van der Waals surface area contributed by atoms with E-state index in [0.29, 0.717) is 5.56 Å². The average Bonchev–Trinajstić information content (AvgIpc) is 2.79. The minimum atomic E-state index is -3.63. The second-order valence-electron chi connectivity index (χ2n) is 8.63. The van der Waals surface area contributed by atoms with Crippen LogP contribution in [0.15, 0.2) is 47.4 Å². The summed E-state index contributed by atoms with van der Waals surface area (Å²) in [5, 5.41) is 3.20. The molecule has 0 unspecified atom stereocenters. The number of hydrogen-bond donors (Lipinski definition) is 1. The molecule has 4 rings (SSSR count). The molecule has 0 saturated carbocycles. The molecular weight excluding hydrogens is 410 g/mol. The summed E-state index contributed by atoms with van der Waals surface area (Å²) in [6, 6.07) is 13.1. The highest BCUT2D eigenvalue weighted by Crippen LogP contribution is 2.32. The van der Waals surface area contributed by atoms with Gasteiger partial charge in [0, 0.05) is 32.9 Å². The summed E-state index contributed by atoms with van der Waals surface area (Å²) in [5.41, 5.74) is 3.70. The molecule has 6 nitrogen and oxygen atoms in total. The van der Waals surface area contributed by atoms with Gasteiger partial charge in [-0.1, -0.05) is 24.3 Å². The number of amides is 1. The van der Waals surface area contributed by atoms with E-state index in [9.17, 15) is 13.2 Å². The fraction of sp³-hybridized carbons (Fsp3) is 0.458. The number of anilines is 1. The number of piperidine rings is 1. The Labute approximate surface area is 185 Å². The highest BCUT2D eigenvalue weighted by molar-refractivity contribution is 7.89. The van der Waals surface area contributed by atoms with Gasteiger partial charge in [-0.25, -0.2) is 12.7 Å². The van der Waals surface area contributed by atoms with Gasteiger partial charge in [0.1, 0.15) is 0 Å². The third-order valence-corrected chi connectivity index (χ3v) is 8.17. The second kappa shape index (κ2) is 9.01. The van der Waals surface area contributed by atoms with Crippen LogP contribution in [0, 0.1) is 0 Å². The van der Waals surface area contributed by atoms with E-state index >= 15 is 0 Å². The van der Waals surface area contributed by atoms with Crippen molar-refractivity contribution in [2.45, 2.75) is 49.5 Å². The number of sulfonamides is 1. The summed E-state index contributed by atoms with van der Waals surface area (Å²) in [4.78, 5) is 15.8. The Hall–Kier alpha value is -2.38. The van der Waals surface area contributed by atoms with E-state index in [-0.39, 0.29) is 16.8 Å². The molecule has 2 aromatic rings. The molecule has 1 atom stereocenters. The molecule has 1 fully saturated rings. The van der Waals surface area contributed by atoms with Crippen LogP contribution in [0.2, 0.25) is 0 Å². The first kappa shape index (κ1) is 21.8. The van der Waals surface area contributed by atoms with Gasteiger partial charge in [0.15, 0.2) is 0 Å². The van der Waals surface area contributed by atoms with E-state index in [0.717, 1.165) is 50.9 Å². The van der Waals surface area contributed by atoms with Crippen LogP contribution < -0.4 is 10.2 Å². The van der Waals surface area contributed by atoms with Crippen molar-refractivity contribution in [3.63, 3.8) is 0 Å². The number of carbonyl (C=O) groups is 1. The minimum Gasteiger partial charge on any atom is -0.371 e. The number of fused-ring (bicyclic) bond motifs is 1. The zero-order chi connectivity index (χ0) is 22.0. The maximum absolute atomic E-state index is 13.5. The molecule has 1 aliphatic carbocycles. The minimum absolute atomic E-state index is 0.0548. The zero-order valence-electron chi connectivity index (χ0n) is 18.3. The summed E-state index contributed by atoms with van der Waals surface area (Å²) in [7, 11) is -0.614. The van der Waals surface area contributed by atoms with Crippen LogP contribution in [0.3, 0.4) is 0 Å². The van der Waals surface area contributed by atoms with Gasteiger partial charge < -0.3 is 10.2 Å². The monoisotopic (exact) mass is 441 g/mol. The van der Waals surface area contributed by atoms with Crippen LogP contribution in [-0.2, 0) is 16.4 Å². The molecule has 7 heteroatoms. The third-order valence-electron chi connectivity index (χ3n) is 6.36. The second-order valence-corrected chi connectivity index (χ2v) is 10.8. The van der Waals surface area contributed by atoms with E-state index in [1.165, 1.54) is 35.9 Å². The van der Waals surface area contributed by atoms with Gasteiger partial charge in [0.05, 0.1) is 16.5 Å². The van der Waals surface area contributed by atoms with Crippen molar-refractivity contribution in [3.8, 4) is 0 Å². The van der Waals surface area contributed by atoms with Crippen LogP contribution in [0.5, 0.6) is 0 Å². The van der Waals surface area contributed by atoms with Crippen molar-refractivity contribution < 1.29 is 13.2 Å². The van der Waals surface area contributed by atoms with Crippen molar-refractivity contribution in [2.75, 3.05) is 32.1 Å². The quantitative estimate of drug-likeness (QED) is 0.768. The van der Waals surface area contributed by atoms with E-state index in [4.69, 9.17) is 0 Å². The fourth-order valence-electron chi connectivity index (χ4n) is 4.62. The summed E-state index contributed by atoms with van der Waals surface area (Å²) in [6.45, 7) is 1.76. The Bertz CT molecular complexity index is 1060. The van der Waals surface area contributed by atoms with E-state index < -0.39 is 10.0 Å². The van der Waals surface area contributed by atoms with E-state index in [2.05, 4.69) is 22.3 Å². The van der Waals surface area contributed by atoms with Gasteiger partial charge in [-0.3, -0.25) is 4.79 Å². The Kier molecular flexibility index (Phi) is 6.34. The molecule has 1 N–H and O–H groups in total. The predicted molar refractivity (Wildman–Crippen MR) is 123 cm³/mol. The molecule has 0 spiro atoms. The van der Waals surface area contributed by atoms with Crippen LogP contribution in [0.4, 0.5) is 5.69 Å². The topological polar surface area (TPSA) is 69.7 Å². The Morgan fingerprint density at radius 3 is 2.52 bits per heavy atom. The Morgan fingerprint density at radius 1 is 1.03 bits per heavy atom. The Morgan fingerprint density at radius 2 is 1.77 bits per heavy atom. The summed E-state index contributed by atoms with van der Waals surface area (Å²) in [5.74, 6) is -0.210. The number of hydrogen-bond acceptors (Lipinski definition) is 4. The molecule has 0 bridgehead atoms. The number of rotatable bonds is 5. The molecule has 1 heterocycles. The predicted octanol–water partition coefficient (Wildman–Crippen LogP) is 3.73. The lowest BCUT2D eigenvalue weighted by Crippen LogP contribution is -2.35. The molecule has 2 aliphatic rings. The standard InChI is InChI=1S/C24H31N3O3S/c1-26(2)31(29,30)19-13-14-23(27-15-6-3-7-16-27)21(17-19)24(28)25-22-12-8-10-18-9-4-5-11-20(18)22/h4-5,9,11,13-14,17,22H,3,6-8,10,12,15-16H2,1-2H3,(H,25,28)/t22-/m0/s1. The van der Waals surface area contributed by atoms with Crippen LogP contribution in [-0.4, -0.2) is 45.8 Å². The van der Waals surface area contributed by atoms with Gasteiger partial charge in [-0.2, -0.15) is 0 Å². The van der Waals surface area contributed by atoms with Gasteiger partial charge in [-0.05, 0) is 67.9 Å². The molecule has 31 heavy (non-hydrogen) atoms. The molecule has 1 saturated heterocycles. The number of nitrogens with zero attached hydrogens (tertiary/aromatic N) is 2. The molecule has 166 valence electrons. The largest absolute Gasteiger partial charge is 0.371 e. The van der Waals surface area contributed by atoms with Crippen molar-refractivity contribution >= 4 is 21.6 Å². The van der Waals surface area contributed by atoms with Gasteiger partial charge in [-0.15, -0.1) is 0 Å². The van der Waals surface area contributed by atoms with Crippen molar-refractivity contribution in [1.29, 1.82) is 0 Å². The highest BCUT2D eigenvalue weighted by atomic mass is 32.2. The lowest BCUT2D eigenvalue weighted by Gasteiger charge is -2.31. The lowest BCUT2D eigenvalue weighted by molar-refractivity contribution is 0.0933. The highest BCUT2D eigenvalue weighted by Gasteiger charge is 2.27. The molecule has 0 aromatic heterocycles. The first-order chi connectivity index (χ1) is 14.9. The van der Waals surface area contributed by atoms with Gasteiger partial charge in [0.2, 0.25) is 10.0 Å². The van der Waals surface area contributed by atoms with E-state index in [1.54, 1.807) is 18.2 Å². The van der Waals surface area contributed by atoms with Crippen LogP contribution in [0.25, 0.3) is 0 Å². The maximum Gasteiger partial charge on any atom is 0.253 e. The summed E-state index contributed by atoms with van der Waals surface area (Å²) < 4.78 is 26.6. The number of nitrogens with one attached hydrogen (secondary N) is 1. The average molecular weight is 442 g/mol. The van der Waals surface area contributed by atoms with Gasteiger partial charge >= 0.3 is 0 Å². The number of carbonyl (C=O) groups excluding carboxylic acids is 1. The first-order valence-electron chi connectivity index (χ1n) is 11.1.